The number of nitrogens with one attached hydrogen (secondary N) is 1. The van der Waals surface area contributed by atoms with Crippen LogP contribution in [0.15, 0.2) is 82.4 Å². The second kappa shape index (κ2) is 9.33. The first-order valence-electron chi connectivity index (χ1n) is 11.2. The minimum atomic E-state index is -3.95. The molecular weight excluding hydrogens is 464 g/mol. The third-order valence-electron chi connectivity index (χ3n) is 6.07. The first-order valence-corrected chi connectivity index (χ1v) is 12.6. The van der Waals surface area contributed by atoms with E-state index < -0.39 is 16.1 Å². The van der Waals surface area contributed by atoms with Crippen molar-refractivity contribution in [3.8, 4) is 17.3 Å². The third kappa shape index (κ3) is 4.54. The van der Waals surface area contributed by atoms with E-state index in [4.69, 9.17) is 9.68 Å². The maximum Gasteiger partial charge on any atom is 0.277 e. The van der Waals surface area contributed by atoms with Gasteiger partial charge in [0.1, 0.15) is 11.6 Å². The van der Waals surface area contributed by atoms with Crippen molar-refractivity contribution in [2.75, 3.05) is 6.54 Å². The van der Waals surface area contributed by atoms with Crippen LogP contribution in [0.3, 0.4) is 0 Å². The van der Waals surface area contributed by atoms with Crippen LogP contribution in [0.2, 0.25) is 0 Å². The Balaban J connectivity index is 1.29. The smallest absolute Gasteiger partial charge is 0.277 e. The summed E-state index contributed by atoms with van der Waals surface area (Å²) in [5, 5.41) is 12.4. The maximum absolute atomic E-state index is 13.3. The average Bonchev–Trinajstić information content (AvgIpc) is 3.56. The summed E-state index contributed by atoms with van der Waals surface area (Å²) >= 11 is 0. The fourth-order valence-corrected chi connectivity index (χ4v) is 5.86. The quantitative estimate of drug-likeness (QED) is 0.443. The summed E-state index contributed by atoms with van der Waals surface area (Å²) in [6, 6.07) is 20.6. The summed E-state index contributed by atoms with van der Waals surface area (Å²) in [5.74, 6) is -0.348. The zero-order valence-corrected chi connectivity index (χ0v) is 19.5. The number of nitriles is 1. The molecule has 0 aliphatic carbocycles. The van der Waals surface area contributed by atoms with Gasteiger partial charge in [-0.1, -0.05) is 30.3 Å². The molecule has 0 unspecified atom stereocenters. The van der Waals surface area contributed by atoms with Gasteiger partial charge in [-0.3, -0.25) is 9.78 Å². The normalized spacial score (nSPS) is 16.3. The summed E-state index contributed by atoms with van der Waals surface area (Å²) in [4.78, 5) is 17.4. The van der Waals surface area contributed by atoms with Crippen molar-refractivity contribution in [3.63, 3.8) is 0 Å². The fourth-order valence-electron chi connectivity index (χ4n) is 4.25. The van der Waals surface area contributed by atoms with E-state index in [-0.39, 0.29) is 24.1 Å². The van der Waals surface area contributed by atoms with Crippen LogP contribution in [0.25, 0.3) is 22.2 Å². The van der Waals surface area contributed by atoms with Crippen LogP contribution in [0.4, 0.5) is 0 Å². The average molecular weight is 487 g/mol. The summed E-state index contributed by atoms with van der Waals surface area (Å²) in [5.41, 5.74) is 3.46. The topological polar surface area (TPSA) is 116 Å². The van der Waals surface area contributed by atoms with Crippen molar-refractivity contribution >= 4 is 26.9 Å². The second-order valence-corrected chi connectivity index (χ2v) is 10.2. The molecule has 0 saturated carbocycles. The summed E-state index contributed by atoms with van der Waals surface area (Å²) in [6.07, 6.45) is 2.69. The number of aromatic nitrogens is 1. The van der Waals surface area contributed by atoms with Gasteiger partial charge in [0.15, 0.2) is 0 Å². The van der Waals surface area contributed by atoms with E-state index in [2.05, 4.69) is 16.4 Å². The molecule has 1 aliphatic rings. The van der Waals surface area contributed by atoms with Crippen LogP contribution in [-0.2, 0) is 21.4 Å². The lowest BCUT2D eigenvalue weighted by Gasteiger charge is -2.22. The standard InChI is InChI=1S/C26H22N4O4S/c27-16-18-7-9-20(10-8-18)22-14-19(11-12-28-22)17-29-26(31)23-5-3-13-30(23)35(32,33)25-15-21-4-1-2-6-24(21)34-25/h1-2,4,6-12,14-15,23H,3,5,13,17H2,(H,29,31)/t23-/m0/s1. The van der Waals surface area contributed by atoms with Crippen LogP contribution < -0.4 is 5.32 Å². The zero-order chi connectivity index (χ0) is 24.4. The van der Waals surface area contributed by atoms with Gasteiger partial charge >= 0.3 is 0 Å². The first kappa shape index (κ1) is 22.8. The number of nitrogens with zero attached hydrogens (tertiary/aromatic N) is 3. The molecule has 176 valence electrons. The van der Waals surface area contributed by atoms with Crippen LogP contribution in [-0.4, -0.2) is 36.2 Å². The van der Waals surface area contributed by atoms with Gasteiger partial charge < -0.3 is 9.73 Å². The lowest BCUT2D eigenvalue weighted by atomic mass is 10.1. The van der Waals surface area contributed by atoms with Gasteiger partial charge in [0.05, 0.1) is 17.3 Å². The Bertz CT molecular complexity index is 1500. The molecule has 35 heavy (non-hydrogen) atoms. The lowest BCUT2D eigenvalue weighted by Crippen LogP contribution is -2.45. The highest BCUT2D eigenvalue weighted by Crippen LogP contribution is 2.30. The first-order chi connectivity index (χ1) is 17.0. The Hall–Kier alpha value is -4.00. The molecule has 0 spiro atoms. The molecule has 1 N–H and O–H groups in total. The largest absolute Gasteiger partial charge is 0.443 e. The Morgan fingerprint density at radius 1 is 1.14 bits per heavy atom. The maximum atomic E-state index is 13.3. The van der Waals surface area contributed by atoms with Gasteiger partial charge in [-0.15, -0.1) is 0 Å². The van der Waals surface area contributed by atoms with E-state index in [0.29, 0.717) is 29.4 Å². The second-order valence-electron chi connectivity index (χ2n) is 8.33. The van der Waals surface area contributed by atoms with Gasteiger partial charge in [0, 0.05) is 36.3 Å². The van der Waals surface area contributed by atoms with E-state index in [1.54, 1.807) is 42.6 Å². The van der Waals surface area contributed by atoms with Crippen molar-refractivity contribution in [2.24, 2.45) is 0 Å². The molecule has 1 amide bonds. The van der Waals surface area contributed by atoms with Crippen molar-refractivity contribution < 1.29 is 17.6 Å². The van der Waals surface area contributed by atoms with Crippen molar-refractivity contribution in [2.45, 2.75) is 30.5 Å². The Morgan fingerprint density at radius 3 is 2.71 bits per heavy atom. The molecular formula is C26H22N4O4S. The minimum absolute atomic E-state index is 0.153. The summed E-state index contributed by atoms with van der Waals surface area (Å²) in [7, 11) is -3.95. The van der Waals surface area contributed by atoms with E-state index in [1.165, 1.54) is 10.4 Å². The number of carbonyl (C=O) groups excluding carboxylic acids is 1. The number of pyridine rings is 1. The molecule has 0 bridgehead atoms. The number of benzene rings is 2. The molecule has 2 aromatic carbocycles. The number of furan rings is 1. The number of carbonyl (C=O) groups is 1. The monoisotopic (exact) mass is 486 g/mol. The van der Waals surface area contributed by atoms with Gasteiger partial charge in [0.25, 0.3) is 10.0 Å². The predicted molar refractivity (Wildman–Crippen MR) is 129 cm³/mol. The number of hydrogen-bond donors (Lipinski definition) is 1. The molecule has 3 heterocycles. The highest BCUT2D eigenvalue weighted by Gasteiger charge is 2.41. The molecule has 0 radical (unpaired) electrons. The number of para-hydroxylation sites is 1. The molecule has 9 heteroatoms. The molecule has 1 atom stereocenters. The number of hydrogen-bond acceptors (Lipinski definition) is 6. The third-order valence-corrected chi connectivity index (χ3v) is 7.84. The van der Waals surface area contributed by atoms with E-state index in [0.717, 1.165) is 16.8 Å². The van der Waals surface area contributed by atoms with Crippen LogP contribution in [0.1, 0.15) is 24.0 Å². The van der Waals surface area contributed by atoms with Crippen molar-refractivity contribution in [3.05, 3.63) is 84.1 Å². The summed E-state index contributed by atoms with van der Waals surface area (Å²) in [6.45, 7) is 0.495. The Morgan fingerprint density at radius 2 is 1.94 bits per heavy atom. The highest BCUT2D eigenvalue weighted by atomic mass is 32.2. The van der Waals surface area contributed by atoms with E-state index in [1.807, 2.05) is 24.3 Å². The molecule has 5 rings (SSSR count). The highest BCUT2D eigenvalue weighted by molar-refractivity contribution is 7.89. The number of rotatable bonds is 6. The summed E-state index contributed by atoms with van der Waals surface area (Å²) < 4.78 is 33.3. The van der Waals surface area contributed by atoms with Crippen LogP contribution in [0, 0.1) is 11.3 Å². The number of amides is 1. The molecule has 8 nitrogen and oxygen atoms in total. The number of sulfonamides is 1. The van der Waals surface area contributed by atoms with E-state index >= 15 is 0 Å². The molecule has 1 saturated heterocycles. The Kier molecular flexibility index (Phi) is 6.07. The predicted octanol–water partition coefficient (Wildman–Crippen LogP) is 3.84. The number of fused-ring (bicyclic) bond motifs is 1. The molecule has 1 fully saturated rings. The Labute approximate surface area is 202 Å². The van der Waals surface area contributed by atoms with Crippen LogP contribution >= 0.6 is 0 Å². The van der Waals surface area contributed by atoms with Crippen molar-refractivity contribution in [1.29, 1.82) is 5.26 Å². The molecule has 1 aliphatic heterocycles. The van der Waals surface area contributed by atoms with Gasteiger partial charge in [-0.25, -0.2) is 8.42 Å². The molecule has 2 aromatic heterocycles. The van der Waals surface area contributed by atoms with Crippen LogP contribution in [0.5, 0.6) is 0 Å². The minimum Gasteiger partial charge on any atom is -0.443 e. The van der Waals surface area contributed by atoms with Gasteiger partial charge in [-0.2, -0.15) is 9.57 Å². The van der Waals surface area contributed by atoms with Crippen molar-refractivity contribution in [1.82, 2.24) is 14.6 Å². The van der Waals surface area contributed by atoms with Gasteiger partial charge in [0.2, 0.25) is 11.0 Å². The zero-order valence-electron chi connectivity index (χ0n) is 18.7. The molecule has 4 aromatic rings. The van der Waals surface area contributed by atoms with E-state index in [9.17, 15) is 13.2 Å². The lowest BCUT2D eigenvalue weighted by molar-refractivity contribution is -0.124. The fraction of sp³-hybridized carbons (Fsp3) is 0.192. The van der Waals surface area contributed by atoms with Gasteiger partial charge in [-0.05, 0) is 48.7 Å². The SMILES string of the molecule is N#Cc1ccc(-c2cc(CNC(=O)[C@@H]3CCCN3S(=O)(=O)c3cc4ccccc4o3)ccn2)cc1.